The number of aliphatic hydroxyl groups excluding tert-OH is 1. The summed E-state index contributed by atoms with van der Waals surface area (Å²) in [7, 11) is 0. The van der Waals surface area contributed by atoms with Gasteiger partial charge in [-0.15, -0.1) is 0 Å². The Kier molecular flexibility index (Phi) is 11.6. The van der Waals surface area contributed by atoms with Crippen molar-refractivity contribution >= 4 is 0 Å². The molecule has 0 saturated carbocycles. The monoisotopic (exact) mass is 628 g/mol. The SMILES string of the molecule is NC(c1ccccc1)[C@@H]1[C@H](OCc2ccccc2)[C@@H](OCc2ccccc2)[C@H](OCc2ccccc2)CN1[C@@H](CO)c1ccccc1. The van der Waals surface area contributed by atoms with Crippen LogP contribution >= 0.6 is 0 Å². The first-order valence-corrected chi connectivity index (χ1v) is 16.4. The van der Waals surface area contributed by atoms with Gasteiger partial charge >= 0.3 is 0 Å². The highest BCUT2D eigenvalue weighted by Gasteiger charge is 2.50. The van der Waals surface area contributed by atoms with Gasteiger partial charge in [-0.1, -0.05) is 152 Å². The van der Waals surface area contributed by atoms with E-state index in [-0.39, 0.29) is 24.8 Å². The molecule has 1 saturated heterocycles. The number of ether oxygens (including phenoxy) is 3. The lowest BCUT2D eigenvalue weighted by molar-refractivity contribution is -0.214. The molecule has 6 atom stereocenters. The summed E-state index contributed by atoms with van der Waals surface area (Å²) < 4.78 is 20.6. The molecule has 0 radical (unpaired) electrons. The van der Waals surface area contributed by atoms with Gasteiger partial charge in [-0.25, -0.2) is 0 Å². The Hall–Kier alpha value is -4.14. The van der Waals surface area contributed by atoms with Crippen molar-refractivity contribution in [3.63, 3.8) is 0 Å². The maximum absolute atomic E-state index is 11.0. The third-order valence-electron chi connectivity index (χ3n) is 8.99. The topological polar surface area (TPSA) is 77.2 Å². The van der Waals surface area contributed by atoms with Crippen molar-refractivity contribution in [2.75, 3.05) is 13.2 Å². The van der Waals surface area contributed by atoms with E-state index >= 15 is 0 Å². The lowest BCUT2D eigenvalue weighted by Crippen LogP contribution is -2.66. The summed E-state index contributed by atoms with van der Waals surface area (Å²) in [6.07, 6.45) is -1.33. The summed E-state index contributed by atoms with van der Waals surface area (Å²) >= 11 is 0. The Morgan fingerprint density at radius 1 is 0.553 bits per heavy atom. The van der Waals surface area contributed by atoms with E-state index in [1.807, 2.05) is 91.0 Å². The van der Waals surface area contributed by atoms with E-state index in [0.29, 0.717) is 26.4 Å². The zero-order valence-electron chi connectivity index (χ0n) is 26.6. The Morgan fingerprint density at radius 3 is 1.43 bits per heavy atom. The van der Waals surface area contributed by atoms with Crippen molar-refractivity contribution in [2.45, 2.75) is 56.3 Å². The molecular formula is C41H44N2O4. The summed E-state index contributed by atoms with van der Waals surface area (Å²) in [6.45, 7) is 1.60. The first-order valence-electron chi connectivity index (χ1n) is 16.4. The summed E-state index contributed by atoms with van der Waals surface area (Å²) in [5, 5.41) is 11.0. The predicted octanol–water partition coefficient (Wildman–Crippen LogP) is 6.86. The van der Waals surface area contributed by atoms with Gasteiger partial charge in [0, 0.05) is 12.6 Å². The third-order valence-corrected chi connectivity index (χ3v) is 8.99. The van der Waals surface area contributed by atoms with E-state index in [1.165, 1.54) is 0 Å². The normalized spacial score (nSPS) is 21.2. The second-order valence-corrected chi connectivity index (χ2v) is 12.1. The molecule has 6 heteroatoms. The van der Waals surface area contributed by atoms with Crippen molar-refractivity contribution < 1.29 is 19.3 Å². The molecule has 5 aromatic carbocycles. The largest absolute Gasteiger partial charge is 0.394 e. The van der Waals surface area contributed by atoms with Gasteiger partial charge in [0.1, 0.15) is 12.2 Å². The highest BCUT2D eigenvalue weighted by Crippen LogP contribution is 2.38. The first-order chi connectivity index (χ1) is 23.2. The molecule has 1 unspecified atom stereocenters. The van der Waals surface area contributed by atoms with Gasteiger partial charge < -0.3 is 25.1 Å². The van der Waals surface area contributed by atoms with Gasteiger partial charge in [-0.3, -0.25) is 4.90 Å². The number of hydrogen-bond acceptors (Lipinski definition) is 6. The van der Waals surface area contributed by atoms with Crippen molar-refractivity contribution in [1.82, 2.24) is 4.90 Å². The number of nitrogens with zero attached hydrogens (tertiary/aromatic N) is 1. The number of piperidine rings is 1. The van der Waals surface area contributed by atoms with E-state index in [2.05, 4.69) is 65.6 Å². The minimum Gasteiger partial charge on any atom is -0.394 e. The fourth-order valence-corrected chi connectivity index (χ4v) is 6.58. The van der Waals surface area contributed by atoms with E-state index in [4.69, 9.17) is 19.9 Å². The molecule has 0 bridgehead atoms. The lowest BCUT2D eigenvalue weighted by atomic mass is 9.83. The molecule has 0 aromatic heterocycles. The average Bonchev–Trinajstić information content (AvgIpc) is 3.14. The molecule has 0 amide bonds. The number of likely N-dealkylation sites (tertiary alicyclic amines) is 1. The predicted molar refractivity (Wildman–Crippen MR) is 185 cm³/mol. The molecule has 1 fully saturated rings. The van der Waals surface area contributed by atoms with Crippen LogP contribution in [0.5, 0.6) is 0 Å². The molecule has 1 aliphatic rings. The van der Waals surface area contributed by atoms with Crippen LogP contribution in [0.2, 0.25) is 0 Å². The van der Waals surface area contributed by atoms with E-state index in [0.717, 1.165) is 27.8 Å². The van der Waals surface area contributed by atoms with Crippen LogP contribution in [-0.2, 0) is 34.0 Å². The average molecular weight is 629 g/mol. The van der Waals surface area contributed by atoms with Gasteiger partial charge in [0.25, 0.3) is 0 Å². The fourth-order valence-electron chi connectivity index (χ4n) is 6.58. The molecule has 3 N–H and O–H groups in total. The van der Waals surface area contributed by atoms with Gasteiger partial charge in [-0.2, -0.15) is 0 Å². The summed E-state index contributed by atoms with van der Waals surface area (Å²) in [6, 6.07) is 49.7. The molecule has 242 valence electrons. The van der Waals surface area contributed by atoms with Crippen LogP contribution in [-0.4, -0.2) is 47.5 Å². The van der Waals surface area contributed by atoms with Crippen LogP contribution < -0.4 is 5.73 Å². The van der Waals surface area contributed by atoms with Crippen LogP contribution in [0.1, 0.15) is 39.9 Å². The van der Waals surface area contributed by atoms with Gasteiger partial charge in [-0.05, 0) is 27.8 Å². The third kappa shape index (κ3) is 8.42. The Morgan fingerprint density at radius 2 is 0.957 bits per heavy atom. The molecular weight excluding hydrogens is 584 g/mol. The molecule has 1 aliphatic heterocycles. The smallest absolute Gasteiger partial charge is 0.113 e. The standard InChI is InChI=1S/C41H44N2O4/c42-38(35-24-14-5-15-25-35)39-41(47-30-33-20-10-3-11-21-33)40(46-29-32-18-8-2-9-19-32)37(45-28-31-16-6-1-7-17-31)26-43(39)36(27-44)34-22-12-4-13-23-34/h1-25,36-41,44H,26-30,42H2/t36-,37+,38?,39+,40-,41-/m0/s1. The first kappa shape index (κ1) is 32.8. The highest BCUT2D eigenvalue weighted by atomic mass is 16.6. The number of rotatable bonds is 14. The van der Waals surface area contributed by atoms with Crippen LogP contribution in [0.3, 0.4) is 0 Å². The Labute approximate surface area is 278 Å². The van der Waals surface area contributed by atoms with Crippen LogP contribution in [0.15, 0.2) is 152 Å². The number of hydrogen-bond donors (Lipinski definition) is 2. The van der Waals surface area contributed by atoms with Crippen molar-refractivity contribution in [1.29, 1.82) is 0 Å². The van der Waals surface area contributed by atoms with Crippen molar-refractivity contribution in [3.05, 3.63) is 179 Å². The molecule has 47 heavy (non-hydrogen) atoms. The second-order valence-electron chi connectivity index (χ2n) is 12.1. The Balaban J connectivity index is 1.43. The summed E-state index contributed by atoms with van der Waals surface area (Å²) in [5.41, 5.74) is 12.5. The quantitative estimate of drug-likeness (QED) is 0.140. The van der Waals surface area contributed by atoms with Gasteiger partial charge in [0.2, 0.25) is 0 Å². The van der Waals surface area contributed by atoms with Crippen LogP contribution in [0.4, 0.5) is 0 Å². The number of nitrogens with two attached hydrogens (primary N) is 1. The lowest BCUT2D eigenvalue weighted by Gasteiger charge is -2.52. The minimum absolute atomic E-state index is 0.0889. The van der Waals surface area contributed by atoms with Crippen LogP contribution in [0, 0.1) is 0 Å². The van der Waals surface area contributed by atoms with Gasteiger partial charge in [0.15, 0.2) is 0 Å². The molecule has 6 rings (SSSR count). The summed E-state index contributed by atoms with van der Waals surface area (Å²) in [4.78, 5) is 2.29. The van der Waals surface area contributed by atoms with E-state index in [1.54, 1.807) is 0 Å². The van der Waals surface area contributed by atoms with Crippen molar-refractivity contribution in [2.24, 2.45) is 5.73 Å². The minimum atomic E-state index is -0.499. The maximum atomic E-state index is 11.0. The number of benzene rings is 5. The van der Waals surface area contributed by atoms with E-state index < -0.39 is 18.2 Å². The Bertz CT molecular complexity index is 1590. The fraction of sp³-hybridized carbons (Fsp3) is 0.268. The number of aliphatic hydroxyl groups is 1. The zero-order chi connectivity index (χ0) is 32.3. The zero-order valence-corrected chi connectivity index (χ0v) is 26.6. The van der Waals surface area contributed by atoms with Crippen LogP contribution in [0.25, 0.3) is 0 Å². The molecule has 0 aliphatic carbocycles. The van der Waals surface area contributed by atoms with Gasteiger partial charge in [0.05, 0.1) is 44.6 Å². The summed E-state index contributed by atoms with van der Waals surface area (Å²) in [5.74, 6) is 0. The molecule has 1 heterocycles. The molecule has 5 aromatic rings. The maximum Gasteiger partial charge on any atom is 0.113 e. The second kappa shape index (κ2) is 16.6. The molecule has 0 spiro atoms. The van der Waals surface area contributed by atoms with E-state index in [9.17, 15) is 5.11 Å². The molecule has 6 nitrogen and oxygen atoms in total. The van der Waals surface area contributed by atoms with Crippen molar-refractivity contribution in [3.8, 4) is 0 Å². The highest BCUT2D eigenvalue weighted by molar-refractivity contribution is 5.26.